The molecule has 0 amide bonds. The van der Waals surface area contributed by atoms with Crippen molar-refractivity contribution in [1.82, 2.24) is 0 Å². The largest absolute Gasteiger partial charge is 0.508 e. The van der Waals surface area contributed by atoms with Gasteiger partial charge in [-0.1, -0.05) is 18.2 Å². The maximum atomic E-state index is 9.22. The minimum atomic E-state index is 0.243. The monoisotopic (exact) mass is 259 g/mol. The number of nitrogens with two attached hydrogens (primary N) is 1. The lowest BCUT2D eigenvalue weighted by Crippen LogP contribution is -2.03. The first kappa shape index (κ1) is 13.2. The molecule has 0 radical (unpaired) electrons. The maximum Gasteiger partial charge on any atom is 0.127 e. The molecule has 0 saturated heterocycles. The van der Waals surface area contributed by atoms with Gasteiger partial charge in [-0.25, -0.2) is 0 Å². The summed E-state index contributed by atoms with van der Waals surface area (Å²) in [5.74, 6) is 1.70. The van der Waals surface area contributed by atoms with Crippen LogP contribution in [0.15, 0.2) is 42.5 Å². The minimum absolute atomic E-state index is 0.243. The molecule has 2 aromatic rings. The van der Waals surface area contributed by atoms with E-state index in [-0.39, 0.29) is 5.75 Å². The van der Waals surface area contributed by atoms with Crippen LogP contribution in [-0.4, -0.2) is 12.2 Å². The number of hydrogen-bond acceptors (Lipinski definition) is 4. The summed E-state index contributed by atoms with van der Waals surface area (Å²) in [4.78, 5) is 0. The SMILES string of the molecule is COc1ccc(CN)c(OCc2ccc(O)cc2)c1. The fraction of sp³-hybridized carbons (Fsp3) is 0.200. The average molecular weight is 259 g/mol. The molecule has 0 saturated carbocycles. The van der Waals surface area contributed by atoms with Crippen molar-refractivity contribution in [3.63, 3.8) is 0 Å². The van der Waals surface area contributed by atoms with Crippen molar-refractivity contribution < 1.29 is 14.6 Å². The van der Waals surface area contributed by atoms with Crippen LogP contribution in [0.4, 0.5) is 0 Å². The van der Waals surface area contributed by atoms with Gasteiger partial charge >= 0.3 is 0 Å². The van der Waals surface area contributed by atoms with E-state index in [0.717, 1.165) is 22.6 Å². The van der Waals surface area contributed by atoms with Crippen molar-refractivity contribution in [2.75, 3.05) is 7.11 Å². The van der Waals surface area contributed by atoms with E-state index in [2.05, 4.69) is 0 Å². The van der Waals surface area contributed by atoms with Gasteiger partial charge in [0.25, 0.3) is 0 Å². The van der Waals surface area contributed by atoms with Crippen LogP contribution >= 0.6 is 0 Å². The Morgan fingerprint density at radius 2 is 1.84 bits per heavy atom. The maximum absolute atomic E-state index is 9.22. The molecule has 4 nitrogen and oxygen atoms in total. The highest BCUT2D eigenvalue weighted by molar-refractivity contribution is 5.40. The number of ether oxygens (including phenoxy) is 2. The van der Waals surface area contributed by atoms with Crippen molar-refractivity contribution in [2.24, 2.45) is 5.73 Å². The molecule has 0 spiro atoms. The highest BCUT2D eigenvalue weighted by Crippen LogP contribution is 2.25. The van der Waals surface area contributed by atoms with Crippen molar-refractivity contribution in [3.05, 3.63) is 53.6 Å². The third-order valence-electron chi connectivity index (χ3n) is 2.82. The number of benzene rings is 2. The molecule has 2 aromatic carbocycles. The summed E-state index contributed by atoms with van der Waals surface area (Å²) in [6.07, 6.45) is 0. The van der Waals surface area contributed by atoms with Crippen LogP contribution in [0.2, 0.25) is 0 Å². The zero-order chi connectivity index (χ0) is 13.7. The molecule has 19 heavy (non-hydrogen) atoms. The Hall–Kier alpha value is -2.20. The molecule has 0 aliphatic rings. The van der Waals surface area contributed by atoms with Crippen molar-refractivity contribution in [1.29, 1.82) is 0 Å². The van der Waals surface area contributed by atoms with Gasteiger partial charge in [0.15, 0.2) is 0 Å². The van der Waals surface area contributed by atoms with Crippen LogP contribution in [0.1, 0.15) is 11.1 Å². The molecular formula is C15H17NO3. The molecule has 0 bridgehead atoms. The predicted molar refractivity (Wildman–Crippen MR) is 73.3 cm³/mol. The number of rotatable bonds is 5. The number of methoxy groups -OCH3 is 1. The zero-order valence-corrected chi connectivity index (χ0v) is 10.8. The Kier molecular flexibility index (Phi) is 4.26. The highest BCUT2D eigenvalue weighted by atomic mass is 16.5. The summed E-state index contributed by atoms with van der Waals surface area (Å²) in [6, 6.07) is 12.5. The highest BCUT2D eigenvalue weighted by Gasteiger charge is 2.05. The molecule has 0 atom stereocenters. The number of hydrogen-bond donors (Lipinski definition) is 2. The summed E-state index contributed by atoms with van der Waals surface area (Å²) >= 11 is 0. The van der Waals surface area contributed by atoms with Gasteiger partial charge in [-0.05, 0) is 23.8 Å². The van der Waals surface area contributed by atoms with E-state index in [4.69, 9.17) is 15.2 Å². The molecule has 4 heteroatoms. The topological polar surface area (TPSA) is 64.7 Å². The Balaban J connectivity index is 2.11. The first-order valence-electron chi connectivity index (χ1n) is 6.00. The summed E-state index contributed by atoms with van der Waals surface area (Å²) in [5, 5.41) is 9.22. The lowest BCUT2D eigenvalue weighted by molar-refractivity contribution is 0.300. The predicted octanol–water partition coefficient (Wildman–Crippen LogP) is 2.44. The molecule has 0 aromatic heterocycles. The summed E-state index contributed by atoms with van der Waals surface area (Å²) < 4.78 is 10.9. The van der Waals surface area contributed by atoms with Crippen molar-refractivity contribution in [3.8, 4) is 17.2 Å². The van der Waals surface area contributed by atoms with Crippen LogP contribution < -0.4 is 15.2 Å². The number of phenolic OH excluding ortho intramolecular Hbond substituents is 1. The van der Waals surface area contributed by atoms with Gasteiger partial charge in [-0.2, -0.15) is 0 Å². The second-order valence-electron chi connectivity index (χ2n) is 4.13. The van der Waals surface area contributed by atoms with Crippen LogP contribution in [0, 0.1) is 0 Å². The number of aromatic hydroxyl groups is 1. The van der Waals surface area contributed by atoms with Crippen molar-refractivity contribution >= 4 is 0 Å². The molecule has 0 heterocycles. The van der Waals surface area contributed by atoms with Crippen molar-refractivity contribution in [2.45, 2.75) is 13.2 Å². The first-order chi connectivity index (χ1) is 9.22. The standard InChI is InChI=1S/C15H17NO3/c1-18-14-7-4-12(9-16)15(8-14)19-10-11-2-5-13(17)6-3-11/h2-8,17H,9-10,16H2,1H3. The first-order valence-corrected chi connectivity index (χ1v) is 6.00. The van der Waals surface area contributed by atoms with Gasteiger partial charge in [-0.3, -0.25) is 0 Å². The Bertz CT molecular complexity index is 538. The summed E-state index contributed by atoms with van der Waals surface area (Å²) in [6.45, 7) is 0.829. The van der Waals surface area contributed by atoms with E-state index >= 15 is 0 Å². The van der Waals surface area contributed by atoms with E-state index in [1.807, 2.05) is 30.3 Å². The third-order valence-corrected chi connectivity index (χ3v) is 2.82. The molecule has 2 rings (SSSR count). The summed E-state index contributed by atoms with van der Waals surface area (Å²) in [7, 11) is 1.61. The molecule has 0 aliphatic heterocycles. The van der Waals surface area contributed by atoms with E-state index in [0.29, 0.717) is 13.2 Å². The normalized spacial score (nSPS) is 10.2. The van der Waals surface area contributed by atoms with E-state index in [1.165, 1.54) is 0 Å². The zero-order valence-electron chi connectivity index (χ0n) is 10.8. The van der Waals surface area contributed by atoms with E-state index < -0.39 is 0 Å². The van der Waals surface area contributed by atoms with Gasteiger partial charge in [0.1, 0.15) is 23.9 Å². The molecule has 0 unspecified atom stereocenters. The molecular weight excluding hydrogens is 242 g/mol. The number of phenols is 1. The lowest BCUT2D eigenvalue weighted by atomic mass is 10.2. The van der Waals surface area contributed by atoms with E-state index in [9.17, 15) is 5.11 Å². The average Bonchev–Trinajstić information content (AvgIpc) is 2.46. The second kappa shape index (κ2) is 6.11. The van der Waals surface area contributed by atoms with Gasteiger partial charge in [0.05, 0.1) is 7.11 Å². The third kappa shape index (κ3) is 3.39. The van der Waals surface area contributed by atoms with Gasteiger partial charge < -0.3 is 20.3 Å². The van der Waals surface area contributed by atoms with Crippen LogP contribution in [0.5, 0.6) is 17.2 Å². The molecule has 3 N–H and O–H groups in total. The molecule has 0 fully saturated rings. The second-order valence-corrected chi connectivity index (χ2v) is 4.13. The molecule has 0 aliphatic carbocycles. The fourth-order valence-corrected chi connectivity index (χ4v) is 1.72. The minimum Gasteiger partial charge on any atom is -0.508 e. The van der Waals surface area contributed by atoms with E-state index in [1.54, 1.807) is 19.2 Å². The lowest BCUT2D eigenvalue weighted by Gasteiger charge is -2.12. The van der Waals surface area contributed by atoms with Gasteiger partial charge in [0, 0.05) is 18.2 Å². The van der Waals surface area contributed by atoms with Gasteiger partial charge in [0.2, 0.25) is 0 Å². The Morgan fingerprint density at radius 1 is 1.11 bits per heavy atom. The smallest absolute Gasteiger partial charge is 0.127 e. The van der Waals surface area contributed by atoms with Gasteiger partial charge in [-0.15, -0.1) is 0 Å². The van der Waals surface area contributed by atoms with Crippen LogP contribution in [-0.2, 0) is 13.2 Å². The van der Waals surface area contributed by atoms with Crippen LogP contribution in [0.25, 0.3) is 0 Å². The van der Waals surface area contributed by atoms with Crippen LogP contribution in [0.3, 0.4) is 0 Å². The Labute approximate surface area is 112 Å². The quantitative estimate of drug-likeness (QED) is 0.865. The summed E-state index contributed by atoms with van der Waals surface area (Å²) in [5.41, 5.74) is 7.58. The Morgan fingerprint density at radius 3 is 2.47 bits per heavy atom. The fourth-order valence-electron chi connectivity index (χ4n) is 1.72. The molecule has 100 valence electrons.